The fraction of sp³-hybridized carbons (Fsp3) is 0.400. The van der Waals surface area contributed by atoms with E-state index in [1.165, 1.54) is 0 Å². The fourth-order valence-corrected chi connectivity index (χ4v) is 3.13. The van der Waals surface area contributed by atoms with Gasteiger partial charge in [0.1, 0.15) is 12.7 Å². The number of hydrogen-bond donors (Lipinski definition) is 1. The van der Waals surface area contributed by atoms with Crippen molar-refractivity contribution in [2.45, 2.75) is 12.6 Å². The van der Waals surface area contributed by atoms with Gasteiger partial charge in [0.15, 0.2) is 0 Å². The fourth-order valence-electron chi connectivity index (χ4n) is 3.13. The summed E-state index contributed by atoms with van der Waals surface area (Å²) in [7, 11) is 1.70. The predicted molar refractivity (Wildman–Crippen MR) is 103 cm³/mol. The van der Waals surface area contributed by atoms with Crippen molar-refractivity contribution in [3.63, 3.8) is 0 Å². The lowest BCUT2D eigenvalue weighted by Gasteiger charge is -2.23. The van der Waals surface area contributed by atoms with Gasteiger partial charge in [-0.05, 0) is 24.3 Å². The van der Waals surface area contributed by atoms with Gasteiger partial charge in [-0.2, -0.15) is 0 Å². The summed E-state index contributed by atoms with van der Waals surface area (Å²) in [5.41, 5.74) is 2.74. The minimum Gasteiger partial charge on any atom is -0.474 e. The molecule has 0 unspecified atom stereocenters. The van der Waals surface area contributed by atoms with E-state index in [2.05, 4.69) is 21.1 Å². The van der Waals surface area contributed by atoms with Gasteiger partial charge in [0, 0.05) is 50.9 Å². The molecule has 1 aliphatic heterocycles. The summed E-state index contributed by atoms with van der Waals surface area (Å²) in [6.07, 6.45) is 5.91. The molecule has 0 radical (unpaired) electrons. The summed E-state index contributed by atoms with van der Waals surface area (Å²) >= 11 is 0. The minimum absolute atomic E-state index is 0.0334. The van der Waals surface area contributed by atoms with Crippen LogP contribution in [0.25, 0.3) is 22.2 Å². The van der Waals surface area contributed by atoms with Gasteiger partial charge in [-0.1, -0.05) is 0 Å². The van der Waals surface area contributed by atoms with Gasteiger partial charge < -0.3 is 24.1 Å². The Morgan fingerprint density at radius 3 is 3.19 bits per heavy atom. The summed E-state index contributed by atoms with van der Waals surface area (Å²) in [6.45, 7) is 4.32. The largest absolute Gasteiger partial charge is 0.474 e. The number of aromatic nitrogens is 3. The standard InChI is InChI=1S/C20H24N4O3/c1-25-10-8-24-7-4-15(13-24)18-11-19-17(3-2-5-22-19)20(23-18)27-14-16-12-21-6-9-26-16/h2-5,7,11,13,16,21H,6,8-10,12,14H2,1H3/t16-/m0/s1. The van der Waals surface area contributed by atoms with E-state index in [0.717, 1.165) is 41.8 Å². The molecule has 3 aromatic heterocycles. The number of nitrogens with zero attached hydrogens (tertiary/aromatic N) is 3. The van der Waals surface area contributed by atoms with Crippen molar-refractivity contribution < 1.29 is 14.2 Å². The molecule has 0 bridgehead atoms. The van der Waals surface area contributed by atoms with Crippen molar-refractivity contribution >= 4 is 10.9 Å². The smallest absolute Gasteiger partial charge is 0.223 e. The summed E-state index contributed by atoms with van der Waals surface area (Å²) in [4.78, 5) is 9.26. The van der Waals surface area contributed by atoms with E-state index in [-0.39, 0.29) is 6.10 Å². The van der Waals surface area contributed by atoms with Crippen molar-refractivity contribution in [2.24, 2.45) is 0 Å². The van der Waals surface area contributed by atoms with Crippen LogP contribution in [0.2, 0.25) is 0 Å². The van der Waals surface area contributed by atoms with Crippen LogP contribution in [0.4, 0.5) is 0 Å². The van der Waals surface area contributed by atoms with Crippen LogP contribution in [0.5, 0.6) is 5.88 Å². The summed E-state index contributed by atoms with van der Waals surface area (Å²) in [5.74, 6) is 0.592. The monoisotopic (exact) mass is 368 g/mol. The number of ether oxygens (including phenoxy) is 3. The van der Waals surface area contributed by atoms with E-state index in [9.17, 15) is 0 Å². The highest BCUT2D eigenvalue weighted by Crippen LogP contribution is 2.28. The second kappa shape index (κ2) is 8.47. The summed E-state index contributed by atoms with van der Waals surface area (Å²) in [6, 6.07) is 7.93. The van der Waals surface area contributed by atoms with E-state index in [1.807, 2.05) is 30.5 Å². The molecule has 1 N–H and O–H groups in total. The first kappa shape index (κ1) is 17.9. The Kier molecular flexibility index (Phi) is 5.62. The minimum atomic E-state index is 0.0334. The number of rotatable bonds is 7. The first-order valence-electron chi connectivity index (χ1n) is 9.19. The van der Waals surface area contributed by atoms with Crippen LogP contribution in [0.3, 0.4) is 0 Å². The molecule has 7 heteroatoms. The number of hydrogen-bond acceptors (Lipinski definition) is 6. The van der Waals surface area contributed by atoms with Gasteiger partial charge in [0.05, 0.1) is 29.8 Å². The molecule has 1 aliphatic rings. The van der Waals surface area contributed by atoms with Gasteiger partial charge in [0.25, 0.3) is 0 Å². The average molecular weight is 368 g/mol. The highest BCUT2D eigenvalue weighted by atomic mass is 16.5. The average Bonchev–Trinajstić information content (AvgIpc) is 3.20. The predicted octanol–water partition coefficient (Wildman–Crippen LogP) is 2.11. The van der Waals surface area contributed by atoms with E-state index < -0.39 is 0 Å². The molecule has 4 rings (SSSR count). The second-order valence-corrected chi connectivity index (χ2v) is 6.52. The maximum absolute atomic E-state index is 6.05. The van der Waals surface area contributed by atoms with Crippen molar-refractivity contribution in [3.8, 4) is 17.1 Å². The number of fused-ring (bicyclic) bond motifs is 1. The molecule has 1 fully saturated rings. The molecule has 7 nitrogen and oxygen atoms in total. The zero-order valence-electron chi connectivity index (χ0n) is 15.4. The third-order valence-electron chi connectivity index (χ3n) is 4.57. The first-order valence-corrected chi connectivity index (χ1v) is 9.19. The van der Waals surface area contributed by atoms with Crippen LogP contribution >= 0.6 is 0 Å². The highest BCUT2D eigenvalue weighted by molar-refractivity contribution is 5.86. The van der Waals surface area contributed by atoms with Gasteiger partial charge in [-0.3, -0.25) is 4.98 Å². The molecule has 0 spiro atoms. The van der Waals surface area contributed by atoms with Crippen molar-refractivity contribution in [1.82, 2.24) is 19.9 Å². The molecule has 3 aromatic rings. The first-order chi connectivity index (χ1) is 13.3. The Hall–Kier alpha value is -2.48. The van der Waals surface area contributed by atoms with Gasteiger partial charge >= 0.3 is 0 Å². The molecule has 0 aromatic carbocycles. The van der Waals surface area contributed by atoms with Crippen molar-refractivity contribution in [1.29, 1.82) is 0 Å². The molecule has 27 heavy (non-hydrogen) atoms. The van der Waals surface area contributed by atoms with Crippen LogP contribution in [-0.2, 0) is 16.0 Å². The van der Waals surface area contributed by atoms with Crippen LogP contribution in [0, 0.1) is 0 Å². The van der Waals surface area contributed by atoms with Crippen molar-refractivity contribution in [2.75, 3.05) is 40.0 Å². The summed E-state index contributed by atoms with van der Waals surface area (Å²) in [5, 5.41) is 4.22. The molecule has 1 saturated heterocycles. The number of methoxy groups -OCH3 is 1. The Bertz CT molecular complexity index is 890. The van der Waals surface area contributed by atoms with Crippen molar-refractivity contribution in [3.05, 3.63) is 42.9 Å². The molecule has 0 saturated carbocycles. The van der Waals surface area contributed by atoms with Gasteiger partial charge in [0.2, 0.25) is 5.88 Å². The zero-order chi connectivity index (χ0) is 18.5. The van der Waals surface area contributed by atoms with Crippen LogP contribution in [-0.4, -0.2) is 60.7 Å². The summed E-state index contributed by atoms with van der Waals surface area (Å²) < 4.78 is 19.0. The molecule has 4 heterocycles. The number of morpholine rings is 1. The third-order valence-corrected chi connectivity index (χ3v) is 4.57. The molecule has 142 valence electrons. The van der Waals surface area contributed by atoms with E-state index in [4.69, 9.17) is 19.2 Å². The third kappa shape index (κ3) is 4.27. The Balaban J connectivity index is 1.60. The van der Waals surface area contributed by atoms with Crippen LogP contribution in [0.15, 0.2) is 42.9 Å². The molecule has 1 atom stereocenters. The zero-order valence-corrected chi connectivity index (χ0v) is 15.4. The van der Waals surface area contributed by atoms with E-state index >= 15 is 0 Å². The van der Waals surface area contributed by atoms with Gasteiger partial charge in [-0.15, -0.1) is 0 Å². The molecular weight excluding hydrogens is 344 g/mol. The quantitative estimate of drug-likeness (QED) is 0.689. The maximum Gasteiger partial charge on any atom is 0.223 e. The normalized spacial score (nSPS) is 17.3. The molecule has 0 aliphatic carbocycles. The lowest BCUT2D eigenvalue weighted by Crippen LogP contribution is -2.41. The molecular formula is C20H24N4O3. The van der Waals surface area contributed by atoms with E-state index in [0.29, 0.717) is 25.7 Å². The number of nitrogens with one attached hydrogen (secondary N) is 1. The lowest BCUT2D eigenvalue weighted by atomic mass is 10.1. The molecule has 0 amide bonds. The lowest BCUT2D eigenvalue weighted by molar-refractivity contribution is -0.000365. The van der Waals surface area contributed by atoms with E-state index in [1.54, 1.807) is 13.3 Å². The highest BCUT2D eigenvalue weighted by Gasteiger charge is 2.16. The van der Waals surface area contributed by atoms with Gasteiger partial charge in [-0.25, -0.2) is 4.98 Å². The number of pyridine rings is 2. The van der Waals surface area contributed by atoms with Crippen LogP contribution in [0.1, 0.15) is 0 Å². The Morgan fingerprint density at radius 2 is 2.33 bits per heavy atom. The maximum atomic E-state index is 6.05. The second-order valence-electron chi connectivity index (χ2n) is 6.52. The van der Waals surface area contributed by atoms with Crippen LogP contribution < -0.4 is 10.1 Å². The topological polar surface area (TPSA) is 70.4 Å². The Morgan fingerprint density at radius 1 is 1.37 bits per heavy atom. The SMILES string of the molecule is COCCn1ccc(-c2cc3ncccc3c(OC[C@@H]3CNCCO3)n2)c1. The Labute approximate surface area is 158 Å².